The van der Waals surface area contributed by atoms with Crippen molar-refractivity contribution in [1.29, 1.82) is 0 Å². The molecule has 0 aliphatic carbocycles. The number of aliphatic carboxylic acids is 1. The molecule has 8 rings (SSSR count). The Hall–Kier alpha value is -6.64. The number of aryl methyl sites for hydroxylation is 1. The molecule has 6 aromatic rings. The Morgan fingerprint density at radius 1 is 0.983 bits per heavy atom. The van der Waals surface area contributed by atoms with Gasteiger partial charge < -0.3 is 45.4 Å². The van der Waals surface area contributed by atoms with Gasteiger partial charge >= 0.3 is 18.2 Å². The minimum absolute atomic E-state index is 0.00236. The summed E-state index contributed by atoms with van der Waals surface area (Å²) in [4.78, 5) is 42.4. The van der Waals surface area contributed by atoms with Crippen LogP contribution in [-0.4, -0.2) is 101 Å². The fraction of sp³-hybridized carbons (Fsp3) is 0.325. The topological polar surface area (TPSA) is 226 Å². The van der Waals surface area contributed by atoms with Gasteiger partial charge in [-0.1, -0.05) is 72.7 Å². The van der Waals surface area contributed by atoms with Crippen LogP contribution in [-0.2, 0) is 16.0 Å². The van der Waals surface area contributed by atoms with Crippen LogP contribution in [0.25, 0.3) is 11.2 Å². The number of nitrogens with one attached hydrogen (secondary N) is 3. The first-order chi connectivity index (χ1) is 28.9. The van der Waals surface area contributed by atoms with Crippen molar-refractivity contribution in [2.24, 2.45) is 0 Å². The average Bonchev–Trinajstić information content (AvgIpc) is 4.06. The average molecular weight is 831 g/mol. The Bertz CT molecular complexity index is 2330. The number of amides is 2. The number of hydrogen-bond acceptors (Lipinski definition) is 13. The number of benzene rings is 2. The lowest BCUT2D eigenvalue weighted by atomic mass is 9.91. The van der Waals surface area contributed by atoms with Crippen LogP contribution in [0, 0.1) is 0 Å². The molecular formula is C40H41F3N10O7. The van der Waals surface area contributed by atoms with Crippen molar-refractivity contribution < 1.29 is 47.3 Å². The molecule has 4 aromatic heterocycles. The molecule has 2 fully saturated rings. The molecule has 2 saturated heterocycles. The summed E-state index contributed by atoms with van der Waals surface area (Å²) >= 11 is 0. The number of imidazole rings is 1. The van der Waals surface area contributed by atoms with Gasteiger partial charge in [0.05, 0.1) is 23.9 Å². The van der Waals surface area contributed by atoms with E-state index >= 15 is 0 Å². The Morgan fingerprint density at radius 3 is 2.30 bits per heavy atom. The summed E-state index contributed by atoms with van der Waals surface area (Å²) in [5.74, 6) is -1.51. The number of fused-ring (bicyclic) bond motifs is 1. The molecule has 2 aliphatic rings. The summed E-state index contributed by atoms with van der Waals surface area (Å²) in [5, 5.41) is 43.0. The number of urea groups is 1. The number of aliphatic hydroxyl groups excluding tert-OH is 2. The molecule has 0 radical (unpaired) electrons. The third kappa shape index (κ3) is 9.46. The monoisotopic (exact) mass is 830 g/mol. The zero-order chi connectivity index (χ0) is 42.4. The van der Waals surface area contributed by atoms with E-state index in [1.54, 1.807) is 35.2 Å². The van der Waals surface area contributed by atoms with Crippen LogP contribution in [0.15, 0.2) is 102 Å². The number of ether oxygens (including phenoxy) is 1. The lowest BCUT2D eigenvalue weighted by molar-refractivity contribution is -0.192. The second-order valence-corrected chi connectivity index (χ2v) is 14.0. The molecule has 6 heterocycles. The maximum Gasteiger partial charge on any atom is 0.490 e. The van der Waals surface area contributed by atoms with Gasteiger partial charge in [0, 0.05) is 43.9 Å². The highest BCUT2D eigenvalue weighted by Gasteiger charge is 2.47. The van der Waals surface area contributed by atoms with E-state index in [1.807, 2.05) is 48.2 Å². The molecule has 2 aliphatic heterocycles. The molecule has 0 bridgehead atoms. The summed E-state index contributed by atoms with van der Waals surface area (Å²) < 4.78 is 45.1. The molecule has 0 unspecified atom stereocenters. The number of carboxylic acids is 1. The van der Waals surface area contributed by atoms with Crippen molar-refractivity contribution in [3.63, 3.8) is 0 Å². The molecule has 6 N–H and O–H groups in total. The van der Waals surface area contributed by atoms with Gasteiger partial charge in [-0.25, -0.2) is 14.6 Å². The Kier molecular flexibility index (Phi) is 12.5. The number of nitrogens with zero attached hydrogens (tertiary/aromatic N) is 7. The highest BCUT2D eigenvalue weighted by molar-refractivity contribution is 5.89. The molecule has 2 aromatic carbocycles. The smallest absolute Gasteiger partial charge is 0.475 e. The second kappa shape index (κ2) is 18.1. The van der Waals surface area contributed by atoms with Crippen LogP contribution >= 0.6 is 0 Å². The molecule has 0 spiro atoms. The van der Waals surface area contributed by atoms with E-state index in [-0.39, 0.29) is 18.0 Å². The summed E-state index contributed by atoms with van der Waals surface area (Å²) in [7, 11) is 0. The minimum Gasteiger partial charge on any atom is -0.475 e. The normalized spacial score (nSPS) is 20.2. The maximum atomic E-state index is 12.8. The highest BCUT2D eigenvalue weighted by Crippen LogP contribution is 2.41. The molecule has 5 atom stereocenters. The number of aliphatic hydroxyl groups is 2. The van der Waals surface area contributed by atoms with Crippen LogP contribution in [0.1, 0.15) is 54.2 Å². The quantitative estimate of drug-likeness (QED) is 0.101. The lowest BCUT2D eigenvalue weighted by Gasteiger charge is -2.22. The number of pyridine rings is 1. The predicted molar refractivity (Wildman–Crippen MR) is 210 cm³/mol. The molecular weight excluding hydrogens is 789 g/mol. The van der Waals surface area contributed by atoms with Crippen molar-refractivity contribution in [2.45, 2.75) is 62.4 Å². The molecule has 2 amide bonds. The van der Waals surface area contributed by atoms with Gasteiger partial charge in [-0.3, -0.25) is 9.55 Å². The fourth-order valence-electron chi connectivity index (χ4n) is 6.96. The number of halogens is 3. The van der Waals surface area contributed by atoms with Gasteiger partial charge in [-0.15, -0.1) is 0 Å². The molecule has 314 valence electrons. The third-order valence-electron chi connectivity index (χ3n) is 9.99. The number of rotatable bonds is 11. The van der Waals surface area contributed by atoms with Crippen molar-refractivity contribution in [2.75, 3.05) is 35.2 Å². The van der Waals surface area contributed by atoms with Crippen LogP contribution in [0.4, 0.5) is 35.4 Å². The van der Waals surface area contributed by atoms with E-state index in [4.69, 9.17) is 34.1 Å². The van der Waals surface area contributed by atoms with Crippen molar-refractivity contribution in [1.82, 2.24) is 35.0 Å². The standard InChI is InChI=1S/C38H40N10O5.C2HF3O2/c1-2-25-18-29(53-46-25)33-31(49)32(50)36(52-33)48-22-41-30-34(40-20-28(23-10-5-3-6-11-23)24-12-7-4-8-13-24)44-37(45-35(30)48)47-17-15-27(21-47)43-38(51)42-26-14-9-16-39-19-26;3-2(4,5)1(6)7/h3-14,16,18-19,22,27-28,31-33,36,49-50H,2,15,17,20-21H2,1H3,(H,40,44,45)(H2,42,43,51);(H,6,7)/t27-,31+,32-,33-,36-;/m1./s1. The number of carboxylic acid groups (broad SMARTS) is 1. The molecule has 17 nitrogen and oxygen atoms in total. The van der Waals surface area contributed by atoms with E-state index in [2.05, 4.69) is 50.4 Å². The van der Waals surface area contributed by atoms with E-state index in [9.17, 15) is 28.2 Å². The van der Waals surface area contributed by atoms with Crippen molar-refractivity contribution >= 4 is 40.6 Å². The first-order valence-corrected chi connectivity index (χ1v) is 19.0. The predicted octanol–water partition coefficient (Wildman–Crippen LogP) is 5.04. The zero-order valence-electron chi connectivity index (χ0n) is 32.0. The van der Waals surface area contributed by atoms with Crippen LogP contribution in [0.2, 0.25) is 0 Å². The van der Waals surface area contributed by atoms with Gasteiger partial charge in [-0.2, -0.15) is 23.1 Å². The van der Waals surface area contributed by atoms with Crippen LogP contribution in [0.5, 0.6) is 0 Å². The number of hydrogen-bond donors (Lipinski definition) is 6. The Morgan fingerprint density at radius 2 is 1.68 bits per heavy atom. The fourth-order valence-corrected chi connectivity index (χ4v) is 6.96. The van der Waals surface area contributed by atoms with Gasteiger partial charge in [0.15, 0.2) is 29.0 Å². The summed E-state index contributed by atoms with van der Waals surface area (Å²) in [5.41, 5.74) is 4.47. The largest absolute Gasteiger partial charge is 0.490 e. The number of aromatic nitrogens is 6. The van der Waals surface area contributed by atoms with E-state index < -0.39 is 36.7 Å². The van der Waals surface area contributed by atoms with Crippen LogP contribution < -0.4 is 20.9 Å². The third-order valence-corrected chi connectivity index (χ3v) is 9.99. The molecule has 60 heavy (non-hydrogen) atoms. The highest BCUT2D eigenvalue weighted by atomic mass is 19.4. The van der Waals surface area contributed by atoms with Crippen molar-refractivity contribution in [3.05, 3.63) is 120 Å². The lowest BCUT2D eigenvalue weighted by Crippen LogP contribution is -2.40. The first kappa shape index (κ1) is 41.5. The number of alkyl halides is 3. The van der Waals surface area contributed by atoms with Gasteiger partial charge in [0.2, 0.25) is 5.95 Å². The number of carbonyl (C=O) groups excluding carboxylic acids is 1. The Balaban J connectivity index is 0.000000716. The zero-order valence-corrected chi connectivity index (χ0v) is 32.0. The van der Waals surface area contributed by atoms with E-state index in [1.165, 1.54) is 6.33 Å². The van der Waals surface area contributed by atoms with Gasteiger partial charge in [-0.05, 0) is 36.1 Å². The second-order valence-electron chi connectivity index (χ2n) is 14.0. The van der Waals surface area contributed by atoms with Crippen molar-refractivity contribution in [3.8, 4) is 0 Å². The Labute approximate surface area is 340 Å². The molecule has 0 saturated carbocycles. The van der Waals surface area contributed by atoms with Crippen LogP contribution in [0.3, 0.4) is 0 Å². The summed E-state index contributed by atoms with van der Waals surface area (Å²) in [6.45, 7) is 3.50. The SMILES string of the molecule is CCc1cc([C@H]2O[C@@H](n3cnc4c(NCC(c5ccccc5)c5ccccc5)nc(N5CC[C@@H](NC(=O)Nc6cccnc6)C5)nc43)[C@H](O)[C@@H]2O)on1.O=C(O)C(F)(F)F. The molecule has 20 heteroatoms. The number of anilines is 3. The van der Waals surface area contributed by atoms with Gasteiger partial charge in [0.25, 0.3) is 0 Å². The van der Waals surface area contributed by atoms with E-state index in [0.29, 0.717) is 72.5 Å². The summed E-state index contributed by atoms with van der Waals surface area (Å²) in [6, 6.07) is 25.3. The first-order valence-electron chi connectivity index (χ1n) is 19.0. The van der Waals surface area contributed by atoms with E-state index in [0.717, 1.165) is 11.1 Å². The maximum absolute atomic E-state index is 12.8. The van der Waals surface area contributed by atoms with Gasteiger partial charge in [0.1, 0.15) is 18.3 Å². The summed E-state index contributed by atoms with van der Waals surface area (Å²) in [6.07, 6.45) is -3.57. The minimum atomic E-state index is -5.08. The number of carbonyl (C=O) groups is 2.